The third-order valence-corrected chi connectivity index (χ3v) is 4.56. The van der Waals surface area contributed by atoms with Crippen molar-refractivity contribution in [3.63, 3.8) is 0 Å². The summed E-state index contributed by atoms with van der Waals surface area (Å²) in [5, 5.41) is 0. The second kappa shape index (κ2) is 9.14. The second-order valence-corrected chi connectivity index (χ2v) is 7.09. The molecule has 146 valence electrons. The number of methoxy groups -OCH3 is 1. The van der Waals surface area contributed by atoms with E-state index in [2.05, 4.69) is 9.64 Å². The van der Waals surface area contributed by atoms with E-state index in [1.54, 1.807) is 36.0 Å². The summed E-state index contributed by atoms with van der Waals surface area (Å²) < 4.78 is 49.9. The molecule has 27 heavy (non-hydrogen) atoms. The van der Waals surface area contributed by atoms with Crippen LogP contribution in [0.3, 0.4) is 0 Å². The molecule has 0 amide bonds. The van der Waals surface area contributed by atoms with Gasteiger partial charge in [0.2, 0.25) is 0 Å². The van der Waals surface area contributed by atoms with Gasteiger partial charge in [-0.2, -0.15) is 13.2 Å². The van der Waals surface area contributed by atoms with E-state index in [9.17, 15) is 18.0 Å². The van der Waals surface area contributed by atoms with Crippen LogP contribution in [0.25, 0.3) is 0 Å². The molecule has 0 aliphatic rings. The van der Waals surface area contributed by atoms with E-state index in [1.807, 2.05) is 14.1 Å². The van der Waals surface area contributed by atoms with E-state index in [4.69, 9.17) is 4.74 Å². The Labute approximate surface area is 160 Å². The van der Waals surface area contributed by atoms with Gasteiger partial charge in [0.05, 0.1) is 18.2 Å². The molecular weight excluding hydrogens is 379 g/mol. The van der Waals surface area contributed by atoms with E-state index in [0.717, 1.165) is 36.4 Å². The molecule has 0 saturated heterocycles. The van der Waals surface area contributed by atoms with Crippen LogP contribution in [0.2, 0.25) is 0 Å². The van der Waals surface area contributed by atoms with Crippen LogP contribution >= 0.6 is 11.8 Å². The molecule has 0 radical (unpaired) electrons. The Morgan fingerprint density at radius 1 is 1.11 bits per heavy atom. The Bertz CT molecular complexity index is 777. The summed E-state index contributed by atoms with van der Waals surface area (Å²) in [5.41, 5.74) is -1.22. The van der Waals surface area contributed by atoms with Crippen LogP contribution in [0.5, 0.6) is 11.5 Å². The van der Waals surface area contributed by atoms with Gasteiger partial charge in [-0.05, 0) is 56.6 Å². The zero-order valence-corrected chi connectivity index (χ0v) is 16.0. The first kappa shape index (κ1) is 21.1. The van der Waals surface area contributed by atoms with Crippen molar-refractivity contribution in [3.8, 4) is 11.5 Å². The molecule has 0 saturated carbocycles. The predicted octanol–water partition coefficient (Wildman–Crippen LogP) is 4.94. The van der Waals surface area contributed by atoms with Crippen molar-refractivity contribution in [2.75, 3.05) is 33.5 Å². The molecule has 0 N–H and O–H groups in total. The summed E-state index contributed by atoms with van der Waals surface area (Å²) in [4.78, 5) is 14.6. The van der Waals surface area contributed by atoms with Crippen molar-refractivity contribution in [2.45, 2.75) is 11.1 Å². The highest BCUT2D eigenvalue weighted by atomic mass is 32.2. The molecule has 0 fully saturated rings. The number of carbonyl (C=O) groups excluding carboxylic acids is 1. The molecule has 4 nitrogen and oxygen atoms in total. The minimum Gasteiger partial charge on any atom is -0.465 e. The fourth-order valence-electron chi connectivity index (χ4n) is 2.16. The van der Waals surface area contributed by atoms with Gasteiger partial charge in [-0.25, -0.2) is 4.79 Å². The quantitative estimate of drug-likeness (QED) is 0.487. The molecular formula is C19H20F3NO3S. The number of alkyl halides is 3. The van der Waals surface area contributed by atoms with E-state index in [-0.39, 0.29) is 17.1 Å². The second-order valence-electron chi connectivity index (χ2n) is 5.93. The minimum atomic E-state index is -4.67. The van der Waals surface area contributed by atoms with Crippen LogP contribution in [0.15, 0.2) is 47.4 Å². The van der Waals surface area contributed by atoms with Crippen LogP contribution in [-0.4, -0.2) is 44.4 Å². The number of hydrogen-bond donors (Lipinski definition) is 0. The smallest absolute Gasteiger partial charge is 0.420 e. The molecule has 2 aromatic carbocycles. The van der Waals surface area contributed by atoms with Gasteiger partial charge in [0.1, 0.15) is 11.5 Å². The monoisotopic (exact) mass is 399 g/mol. The molecule has 0 unspecified atom stereocenters. The van der Waals surface area contributed by atoms with Crippen molar-refractivity contribution < 1.29 is 27.4 Å². The lowest BCUT2D eigenvalue weighted by atomic mass is 10.1. The minimum absolute atomic E-state index is 0.190. The SMILES string of the molecule is COC(=O)c1ccc(Oc2ccc(SCCN(C)C)cc2)c(C(F)(F)F)c1. The third kappa shape index (κ3) is 6.18. The molecule has 0 aliphatic heterocycles. The Kier molecular flexibility index (Phi) is 7.15. The molecule has 0 heterocycles. The van der Waals surface area contributed by atoms with E-state index < -0.39 is 17.7 Å². The standard InChI is InChI=1S/C19H20F3NO3S/c1-23(2)10-11-27-15-7-5-14(6-8-15)26-17-9-4-13(18(24)25-3)12-16(17)19(20,21)22/h4-9,12H,10-11H2,1-3H3. The fraction of sp³-hybridized carbons (Fsp3) is 0.316. The van der Waals surface area contributed by atoms with E-state index >= 15 is 0 Å². The zero-order chi connectivity index (χ0) is 20.0. The highest BCUT2D eigenvalue weighted by molar-refractivity contribution is 7.99. The van der Waals surface area contributed by atoms with Crippen LogP contribution in [-0.2, 0) is 10.9 Å². The number of hydrogen-bond acceptors (Lipinski definition) is 5. The van der Waals surface area contributed by atoms with Gasteiger partial charge in [0, 0.05) is 17.2 Å². The summed E-state index contributed by atoms with van der Waals surface area (Å²) >= 11 is 1.65. The average Bonchev–Trinajstić information content (AvgIpc) is 2.61. The lowest BCUT2D eigenvalue weighted by molar-refractivity contribution is -0.138. The van der Waals surface area contributed by atoms with Crippen molar-refractivity contribution in [2.24, 2.45) is 0 Å². The maximum absolute atomic E-state index is 13.3. The van der Waals surface area contributed by atoms with E-state index in [0.29, 0.717) is 0 Å². The number of benzene rings is 2. The lowest BCUT2D eigenvalue weighted by Gasteiger charge is -2.15. The number of ether oxygens (including phenoxy) is 2. The first-order chi connectivity index (χ1) is 12.7. The normalized spacial score (nSPS) is 11.5. The summed E-state index contributed by atoms with van der Waals surface area (Å²) in [6, 6.07) is 9.92. The van der Waals surface area contributed by atoms with E-state index in [1.165, 1.54) is 6.07 Å². The molecule has 8 heteroatoms. The Morgan fingerprint density at radius 2 is 1.78 bits per heavy atom. The number of halogens is 3. The highest BCUT2D eigenvalue weighted by Crippen LogP contribution is 2.39. The third-order valence-electron chi connectivity index (χ3n) is 3.56. The topological polar surface area (TPSA) is 38.8 Å². The maximum Gasteiger partial charge on any atom is 0.420 e. The van der Waals surface area contributed by atoms with Gasteiger partial charge in [0.15, 0.2) is 0 Å². The molecule has 0 atom stereocenters. The van der Waals surface area contributed by atoms with Crippen LogP contribution < -0.4 is 4.74 Å². The molecule has 0 spiro atoms. The lowest BCUT2D eigenvalue weighted by Crippen LogP contribution is -2.14. The van der Waals surface area contributed by atoms with Crippen molar-refractivity contribution >= 4 is 17.7 Å². The summed E-state index contributed by atoms with van der Waals surface area (Å²) in [6.07, 6.45) is -4.67. The predicted molar refractivity (Wildman–Crippen MR) is 98.6 cm³/mol. The van der Waals surface area contributed by atoms with Crippen molar-refractivity contribution in [3.05, 3.63) is 53.6 Å². The van der Waals surface area contributed by atoms with Gasteiger partial charge in [-0.3, -0.25) is 0 Å². The van der Waals surface area contributed by atoms with Crippen LogP contribution in [0, 0.1) is 0 Å². The first-order valence-electron chi connectivity index (χ1n) is 8.05. The summed E-state index contributed by atoms with van der Waals surface area (Å²) in [7, 11) is 5.08. The Morgan fingerprint density at radius 3 is 2.33 bits per heavy atom. The largest absolute Gasteiger partial charge is 0.465 e. The number of esters is 1. The number of carbonyl (C=O) groups is 1. The Hall–Kier alpha value is -2.19. The molecule has 0 aliphatic carbocycles. The van der Waals surface area contributed by atoms with Gasteiger partial charge in [-0.15, -0.1) is 11.8 Å². The Balaban J connectivity index is 2.17. The van der Waals surface area contributed by atoms with Gasteiger partial charge >= 0.3 is 12.1 Å². The maximum atomic E-state index is 13.3. The molecule has 2 aromatic rings. The van der Waals surface area contributed by atoms with Crippen molar-refractivity contribution in [1.29, 1.82) is 0 Å². The number of thioether (sulfide) groups is 1. The molecule has 0 aromatic heterocycles. The fourth-order valence-corrected chi connectivity index (χ4v) is 3.18. The number of nitrogens with zero attached hydrogens (tertiary/aromatic N) is 1. The summed E-state index contributed by atoms with van der Waals surface area (Å²) in [5.74, 6) is -0.0296. The molecule has 0 bridgehead atoms. The highest BCUT2D eigenvalue weighted by Gasteiger charge is 2.35. The van der Waals surface area contributed by atoms with Crippen molar-refractivity contribution in [1.82, 2.24) is 4.90 Å². The first-order valence-corrected chi connectivity index (χ1v) is 9.04. The van der Waals surface area contributed by atoms with Crippen LogP contribution in [0.4, 0.5) is 13.2 Å². The van der Waals surface area contributed by atoms with Gasteiger partial charge < -0.3 is 14.4 Å². The van der Waals surface area contributed by atoms with Crippen LogP contribution in [0.1, 0.15) is 15.9 Å². The average molecular weight is 399 g/mol. The van der Waals surface area contributed by atoms with Gasteiger partial charge in [0.25, 0.3) is 0 Å². The van der Waals surface area contributed by atoms with Gasteiger partial charge in [-0.1, -0.05) is 0 Å². The molecule has 2 rings (SSSR count). The number of rotatable bonds is 7. The zero-order valence-electron chi connectivity index (χ0n) is 15.2. The summed E-state index contributed by atoms with van der Waals surface area (Å²) in [6.45, 7) is 0.921.